The minimum atomic E-state index is -0.590. The van der Waals surface area contributed by atoms with E-state index in [-0.39, 0.29) is 17.7 Å². The van der Waals surface area contributed by atoms with Crippen LogP contribution in [-0.4, -0.2) is 81.0 Å². The number of rotatable bonds is 6. The van der Waals surface area contributed by atoms with Crippen molar-refractivity contribution in [3.63, 3.8) is 0 Å². The average molecular weight is 438 g/mol. The second-order valence-corrected chi connectivity index (χ2v) is 8.96. The first-order valence-electron chi connectivity index (χ1n) is 10.9. The van der Waals surface area contributed by atoms with Crippen LogP contribution in [0.2, 0.25) is 0 Å². The van der Waals surface area contributed by atoms with Crippen LogP contribution in [0.1, 0.15) is 15.9 Å². The molecule has 2 aliphatic heterocycles. The maximum Gasteiger partial charge on any atom is 0.257 e. The Hall–Kier alpha value is -3.06. The molecule has 2 amide bonds. The van der Waals surface area contributed by atoms with Gasteiger partial charge >= 0.3 is 0 Å². The standard InChI is InChI=1S/C25H31N3O4/c1-26(2)24(30)25-16-27(13-18-8-6-5-7-9-18)14-19(25)15-28(17-25)23(29)21-11-10-20(31-3)12-22(21)32-4/h5-12,19H,13-17H2,1-4H3/t19-,25-/m0/s1. The highest BCUT2D eigenvalue weighted by molar-refractivity contribution is 5.98. The molecule has 2 saturated heterocycles. The first-order chi connectivity index (χ1) is 15.4. The predicted octanol–water partition coefficient (Wildman–Crippen LogP) is 2.37. The zero-order chi connectivity index (χ0) is 22.9. The van der Waals surface area contributed by atoms with Gasteiger partial charge in [-0.3, -0.25) is 14.5 Å². The molecule has 0 aromatic heterocycles. The van der Waals surface area contributed by atoms with Crippen molar-refractivity contribution in [1.29, 1.82) is 0 Å². The quantitative estimate of drug-likeness (QED) is 0.694. The number of benzene rings is 2. The van der Waals surface area contributed by atoms with Crippen LogP contribution in [0.3, 0.4) is 0 Å². The predicted molar refractivity (Wildman–Crippen MR) is 122 cm³/mol. The van der Waals surface area contributed by atoms with Crippen molar-refractivity contribution in [3.05, 3.63) is 59.7 Å². The second-order valence-electron chi connectivity index (χ2n) is 8.96. The number of methoxy groups -OCH3 is 2. The minimum absolute atomic E-state index is 0.0919. The van der Waals surface area contributed by atoms with E-state index < -0.39 is 5.41 Å². The van der Waals surface area contributed by atoms with Crippen LogP contribution in [0.25, 0.3) is 0 Å². The smallest absolute Gasteiger partial charge is 0.257 e. The first kappa shape index (κ1) is 22.1. The molecule has 0 saturated carbocycles. The van der Waals surface area contributed by atoms with Gasteiger partial charge in [-0.15, -0.1) is 0 Å². The van der Waals surface area contributed by atoms with E-state index in [4.69, 9.17) is 9.47 Å². The molecule has 0 unspecified atom stereocenters. The van der Waals surface area contributed by atoms with Crippen LogP contribution in [0.5, 0.6) is 11.5 Å². The highest BCUT2D eigenvalue weighted by atomic mass is 16.5. The molecule has 0 aliphatic carbocycles. The van der Waals surface area contributed by atoms with Gasteiger partial charge in [-0.1, -0.05) is 30.3 Å². The summed E-state index contributed by atoms with van der Waals surface area (Å²) in [5, 5.41) is 0. The second kappa shape index (κ2) is 8.82. The lowest BCUT2D eigenvalue weighted by Gasteiger charge is -2.31. The third-order valence-electron chi connectivity index (χ3n) is 6.69. The van der Waals surface area contributed by atoms with E-state index in [1.807, 2.05) is 23.1 Å². The molecule has 2 fully saturated rings. The van der Waals surface area contributed by atoms with Crippen LogP contribution in [0.15, 0.2) is 48.5 Å². The fourth-order valence-electron chi connectivity index (χ4n) is 5.18. The van der Waals surface area contributed by atoms with Gasteiger partial charge in [0.15, 0.2) is 0 Å². The van der Waals surface area contributed by atoms with Gasteiger partial charge in [0.25, 0.3) is 5.91 Å². The lowest BCUT2D eigenvalue weighted by molar-refractivity contribution is -0.139. The zero-order valence-corrected chi connectivity index (χ0v) is 19.2. The van der Waals surface area contributed by atoms with E-state index in [1.165, 1.54) is 5.56 Å². The number of carbonyl (C=O) groups excluding carboxylic acids is 2. The zero-order valence-electron chi connectivity index (χ0n) is 19.2. The summed E-state index contributed by atoms with van der Waals surface area (Å²) >= 11 is 0. The van der Waals surface area contributed by atoms with Gasteiger partial charge in [-0.25, -0.2) is 0 Å². The Kier molecular flexibility index (Phi) is 6.11. The summed E-state index contributed by atoms with van der Waals surface area (Å²) in [5.41, 5.74) is 1.13. The summed E-state index contributed by atoms with van der Waals surface area (Å²) in [5.74, 6) is 1.18. The monoisotopic (exact) mass is 437 g/mol. The van der Waals surface area contributed by atoms with E-state index in [0.717, 1.165) is 13.1 Å². The van der Waals surface area contributed by atoms with Gasteiger partial charge in [0.2, 0.25) is 5.91 Å². The highest BCUT2D eigenvalue weighted by Crippen LogP contribution is 2.45. The third-order valence-corrected chi connectivity index (χ3v) is 6.69. The number of fused-ring (bicyclic) bond motifs is 1. The Balaban J connectivity index is 1.57. The van der Waals surface area contributed by atoms with Crippen molar-refractivity contribution in [2.24, 2.45) is 11.3 Å². The van der Waals surface area contributed by atoms with E-state index in [0.29, 0.717) is 36.7 Å². The molecule has 0 radical (unpaired) electrons. The van der Waals surface area contributed by atoms with Crippen LogP contribution < -0.4 is 9.47 Å². The maximum atomic E-state index is 13.4. The number of hydrogen-bond donors (Lipinski definition) is 0. The summed E-state index contributed by atoms with van der Waals surface area (Å²) in [7, 11) is 6.72. The number of hydrogen-bond acceptors (Lipinski definition) is 5. The largest absolute Gasteiger partial charge is 0.497 e. The van der Waals surface area contributed by atoms with Crippen molar-refractivity contribution in [2.75, 3.05) is 54.5 Å². The van der Waals surface area contributed by atoms with Gasteiger partial charge in [-0.2, -0.15) is 0 Å². The molecular formula is C25H31N3O4. The van der Waals surface area contributed by atoms with Crippen LogP contribution >= 0.6 is 0 Å². The summed E-state index contributed by atoms with van der Waals surface area (Å²) in [6.45, 7) is 3.21. The molecule has 0 bridgehead atoms. The Labute approximate surface area is 189 Å². The fourth-order valence-corrected chi connectivity index (χ4v) is 5.18. The summed E-state index contributed by atoms with van der Waals surface area (Å²) < 4.78 is 10.7. The van der Waals surface area contributed by atoms with E-state index in [9.17, 15) is 9.59 Å². The first-order valence-corrected chi connectivity index (χ1v) is 10.9. The van der Waals surface area contributed by atoms with E-state index in [1.54, 1.807) is 51.4 Å². The van der Waals surface area contributed by atoms with Crippen molar-refractivity contribution in [1.82, 2.24) is 14.7 Å². The lowest BCUT2D eigenvalue weighted by atomic mass is 9.80. The van der Waals surface area contributed by atoms with Crippen molar-refractivity contribution >= 4 is 11.8 Å². The molecule has 170 valence electrons. The number of nitrogens with zero attached hydrogens (tertiary/aromatic N) is 3. The maximum absolute atomic E-state index is 13.4. The Morgan fingerprint density at radius 2 is 1.78 bits per heavy atom. The van der Waals surface area contributed by atoms with Gasteiger partial charge in [0.1, 0.15) is 11.5 Å². The number of likely N-dealkylation sites (tertiary alicyclic amines) is 2. The molecule has 2 heterocycles. The topological polar surface area (TPSA) is 62.3 Å². The van der Waals surface area contributed by atoms with Crippen molar-refractivity contribution < 1.29 is 19.1 Å². The van der Waals surface area contributed by atoms with Gasteiger partial charge < -0.3 is 19.3 Å². The number of carbonyl (C=O) groups is 2. The molecule has 2 aliphatic rings. The summed E-state index contributed by atoms with van der Waals surface area (Å²) in [6.07, 6.45) is 0. The molecule has 2 aromatic rings. The molecule has 4 rings (SSSR count). The molecule has 0 spiro atoms. The summed E-state index contributed by atoms with van der Waals surface area (Å²) in [6, 6.07) is 15.5. The number of amides is 2. The van der Waals surface area contributed by atoms with Crippen LogP contribution in [-0.2, 0) is 11.3 Å². The average Bonchev–Trinajstić information content (AvgIpc) is 3.33. The Morgan fingerprint density at radius 1 is 1.03 bits per heavy atom. The molecule has 2 atom stereocenters. The fraction of sp³-hybridized carbons (Fsp3) is 0.440. The molecular weight excluding hydrogens is 406 g/mol. The Bertz CT molecular complexity index is 994. The van der Waals surface area contributed by atoms with Crippen LogP contribution in [0.4, 0.5) is 0 Å². The van der Waals surface area contributed by atoms with Crippen molar-refractivity contribution in [3.8, 4) is 11.5 Å². The van der Waals surface area contributed by atoms with E-state index >= 15 is 0 Å². The normalized spacial score (nSPS) is 22.5. The van der Waals surface area contributed by atoms with Gasteiger partial charge in [0.05, 0.1) is 25.2 Å². The van der Waals surface area contributed by atoms with Crippen molar-refractivity contribution in [2.45, 2.75) is 6.54 Å². The third kappa shape index (κ3) is 3.93. The summed E-state index contributed by atoms with van der Waals surface area (Å²) in [4.78, 5) is 32.6. The number of ether oxygens (including phenoxy) is 2. The molecule has 2 aromatic carbocycles. The molecule has 0 N–H and O–H groups in total. The highest BCUT2D eigenvalue weighted by Gasteiger charge is 2.58. The van der Waals surface area contributed by atoms with Gasteiger partial charge in [-0.05, 0) is 17.7 Å². The van der Waals surface area contributed by atoms with Gasteiger partial charge in [0, 0.05) is 58.8 Å². The SMILES string of the molecule is COc1ccc(C(=O)N2C[C@@H]3CN(Cc4ccccc4)C[C@]3(C(=O)N(C)C)C2)c(OC)c1. The van der Waals surface area contributed by atoms with E-state index in [2.05, 4.69) is 17.0 Å². The molecule has 32 heavy (non-hydrogen) atoms. The minimum Gasteiger partial charge on any atom is -0.497 e. The Morgan fingerprint density at radius 3 is 2.44 bits per heavy atom. The van der Waals surface area contributed by atoms with Crippen LogP contribution in [0, 0.1) is 11.3 Å². The molecule has 7 heteroatoms. The molecule has 7 nitrogen and oxygen atoms in total. The lowest BCUT2D eigenvalue weighted by Crippen LogP contribution is -2.47.